The Balaban J connectivity index is 1.70. The van der Waals surface area contributed by atoms with Crippen molar-refractivity contribution in [3.05, 3.63) is 23.1 Å². The zero-order valence-electron chi connectivity index (χ0n) is 13.3. The van der Waals surface area contributed by atoms with E-state index < -0.39 is 0 Å². The van der Waals surface area contributed by atoms with Crippen LogP contribution in [0.3, 0.4) is 0 Å². The highest BCUT2D eigenvalue weighted by Crippen LogP contribution is 2.30. The molecule has 1 aliphatic heterocycles. The molecule has 0 aliphatic carbocycles. The van der Waals surface area contributed by atoms with Gasteiger partial charge in [-0.3, -0.25) is 4.79 Å². The molecule has 2 aromatic heterocycles. The SMILES string of the molecule is CNCCCC1CCN(c2ccc3cc(C(C)=O)sc3n2)C1. The Bertz CT molecular complexity index is 667. The van der Waals surface area contributed by atoms with Gasteiger partial charge in [-0.1, -0.05) is 0 Å². The first-order valence-corrected chi connectivity index (χ1v) is 8.80. The van der Waals surface area contributed by atoms with Crippen molar-refractivity contribution in [3.8, 4) is 0 Å². The maximum Gasteiger partial charge on any atom is 0.169 e. The molecule has 0 bridgehead atoms. The minimum absolute atomic E-state index is 0.121. The average molecular weight is 317 g/mol. The van der Waals surface area contributed by atoms with Crippen LogP contribution in [0.5, 0.6) is 0 Å². The lowest BCUT2D eigenvalue weighted by atomic mass is 10.0. The Kier molecular flexibility index (Phi) is 4.74. The highest BCUT2D eigenvalue weighted by atomic mass is 32.1. The van der Waals surface area contributed by atoms with Crippen molar-refractivity contribution in [2.45, 2.75) is 26.2 Å². The summed E-state index contributed by atoms with van der Waals surface area (Å²) >= 11 is 1.50. The summed E-state index contributed by atoms with van der Waals surface area (Å²) in [5.74, 6) is 1.96. The fourth-order valence-electron chi connectivity index (χ4n) is 3.10. The molecule has 0 amide bonds. The van der Waals surface area contributed by atoms with Gasteiger partial charge in [0.1, 0.15) is 10.6 Å². The van der Waals surface area contributed by atoms with Gasteiger partial charge in [0.25, 0.3) is 0 Å². The van der Waals surface area contributed by atoms with E-state index in [1.807, 2.05) is 13.1 Å². The van der Waals surface area contributed by atoms with Crippen LogP contribution in [0, 0.1) is 5.92 Å². The minimum Gasteiger partial charge on any atom is -0.356 e. The van der Waals surface area contributed by atoms with Gasteiger partial charge in [-0.25, -0.2) is 4.98 Å². The van der Waals surface area contributed by atoms with Crippen molar-refractivity contribution < 1.29 is 4.79 Å². The molecule has 3 rings (SSSR count). The molecule has 1 aliphatic rings. The van der Waals surface area contributed by atoms with E-state index in [0.29, 0.717) is 0 Å². The highest BCUT2D eigenvalue weighted by Gasteiger charge is 2.23. The van der Waals surface area contributed by atoms with E-state index in [9.17, 15) is 4.79 Å². The Morgan fingerprint density at radius 3 is 3.14 bits per heavy atom. The third-order valence-corrected chi connectivity index (χ3v) is 5.51. The predicted molar refractivity (Wildman–Crippen MR) is 93.1 cm³/mol. The molecule has 1 unspecified atom stereocenters. The summed E-state index contributed by atoms with van der Waals surface area (Å²) in [5.41, 5.74) is 0. The number of Topliss-reactive ketones (excluding diaryl/α,β-unsaturated/α-hetero) is 1. The van der Waals surface area contributed by atoms with Gasteiger partial charge in [-0.05, 0) is 63.9 Å². The van der Waals surface area contributed by atoms with E-state index in [-0.39, 0.29) is 5.78 Å². The van der Waals surface area contributed by atoms with Crippen molar-refractivity contribution in [3.63, 3.8) is 0 Å². The lowest BCUT2D eigenvalue weighted by molar-refractivity contribution is 0.102. The molecule has 3 heterocycles. The van der Waals surface area contributed by atoms with Crippen LogP contribution in [0.1, 0.15) is 35.9 Å². The largest absolute Gasteiger partial charge is 0.356 e. The second-order valence-electron chi connectivity index (χ2n) is 6.08. The van der Waals surface area contributed by atoms with Crippen LogP contribution in [0.15, 0.2) is 18.2 Å². The molecule has 118 valence electrons. The van der Waals surface area contributed by atoms with Crippen LogP contribution >= 0.6 is 11.3 Å². The number of hydrogen-bond donors (Lipinski definition) is 1. The molecule has 0 aromatic carbocycles. The number of hydrogen-bond acceptors (Lipinski definition) is 5. The van der Waals surface area contributed by atoms with Crippen molar-refractivity contribution >= 4 is 33.2 Å². The molecule has 0 spiro atoms. The summed E-state index contributed by atoms with van der Waals surface area (Å²) in [6.07, 6.45) is 3.79. The van der Waals surface area contributed by atoms with Crippen molar-refractivity contribution in [1.82, 2.24) is 10.3 Å². The summed E-state index contributed by atoms with van der Waals surface area (Å²) in [6.45, 7) is 4.91. The molecule has 1 atom stereocenters. The topological polar surface area (TPSA) is 45.2 Å². The summed E-state index contributed by atoms with van der Waals surface area (Å²) in [6, 6.07) is 6.13. The summed E-state index contributed by atoms with van der Waals surface area (Å²) in [7, 11) is 2.01. The second kappa shape index (κ2) is 6.75. The van der Waals surface area contributed by atoms with Crippen molar-refractivity contribution in [1.29, 1.82) is 0 Å². The third kappa shape index (κ3) is 3.31. The zero-order chi connectivity index (χ0) is 15.5. The van der Waals surface area contributed by atoms with E-state index in [2.05, 4.69) is 22.3 Å². The van der Waals surface area contributed by atoms with E-state index in [4.69, 9.17) is 4.98 Å². The molecule has 22 heavy (non-hydrogen) atoms. The Labute approximate surface area is 135 Å². The number of pyridine rings is 1. The van der Waals surface area contributed by atoms with Crippen LogP contribution in [0.2, 0.25) is 0 Å². The number of ketones is 1. The van der Waals surface area contributed by atoms with Crippen LogP contribution < -0.4 is 10.2 Å². The molecule has 1 N–H and O–H groups in total. The molecule has 0 radical (unpaired) electrons. The van der Waals surface area contributed by atoms with E-state index in [0.717, 1.165) is 46.5 Å². The van der Waals surface area contributed by atoms with Gasteiger partial charge in [0.15, 0.2) is 5.78 Å². The van der Waals surface area contributed by atoms with Crippen molar-refractivity contribution in [2.24, 2.45) is 5.92 Å². The second-order valence-corrected chi connectivity index (χ2v) is 7.11. The Morgan fingerprint density at radius 1 is 1.50 bits per heavy atom. The first-order valence-electron chi connectivity index (χ1n) is 7.98. The number of anilines is 1. The standard InChI is InChI=1S/C17H23N3OS/c1-12(21)15-10-14-5-6-16(19-17(14)22-15)20-9-7-13(11-20)4-3-8-18-2/h5-6,10,13,18H,3-4,7-9,11H2,1-2H3. The number of nitrogens with one attached hydrogen (secondary N) is 1. The Morgan fingerprint density at radius 2 is 2.36 bits per heavy atom. The lowest BCUT2D eigenvalue weighted by Crippen LogP contribution is -2.21. The number of aromatic nitrogens is 1. The smallest absolute Gasteiger partial charge is 0.169 e. The molecular weight excluding hydrogens is 294 g/mol. The van der Waals surface area contributed by atoms with E-state index in [1.165, 1.54) is 30.6 Å². The number of nitrogens with zero attached hydrogens (tertiary/aromatic N) is 2. The van der Waals surface area contributed by atoms with Gasteiger partial charge >= 0.3 is 0 Å². The number of fused-ring (bicyclic) bond motifs is 1. The molecule has 2 aromatic rings. The van der Waals surface area contributed by atoms with Crippen LogP contribution in [-0.2, 0) is 0 Å². The Hall–Kier alpha value is -1.46. The molecule has 5 heteroatoms. The van der Waals surface area contributed by atoms with Gasteiger partial charge < -0.3 is 10.2 Å². The fourth-order valence-corrected chi connectivity index (χ4v) is 4.02. The predicted octanol–water partition coefficient (Wildman–Crippen LogP) is 3.32. The first-order chi connectivity index (χ1) is 10.7. The van der Waals surface area contributed by atoms with Gasteiger partial charge in [-0.15, -0.1) is 11.3 Å². The highest BCUT2D eigenvalue weighted by molar-refractivity contribution is 7.20. The van der Waals surface area contributed by atoms with E-state index in [1.54, 1.807) is 6.92 Å². The van der Waals surface area contributed by atoms with Crippen LogP contribution in [0.4, 0.5) is 5.82 Å². The summed E-state index contributed by atoms with van der Waals surface area (Å²) in [4.78, 5) is 20.4. The van der Waals surface area contributed by atoms with Crippen molar-refractivity contribution in [2.75, 3.05) is 31.6 Å². The monoisotopic (exact) mass is 317 g/mol. The molecule has 4 nitrogen and oxygen atoms in total. The minimum atomic E-state index is 0.121. The number of thiophene rings is 1. The third-order valence-electron chi connectivity index (χ3n) is 4.36. The number of carbonyl (C=O) groups excluding carboxylic acids is 1. The normalized spacial score (nSPS) is 18.3. The molecule has 1 fully saturated rings. The molecular formula is C17H23N3OS. The van der Waals surface area contributed by atoms with Gasteiger partial charge in [0, 0.05) is 18.5 Å². The summed E-state index contributed by atoms with van der Waals surface area (Å²) in [5, 5.41) is 4.29. The molecule has 0 saturated carbocycles. The van der Waals surface area contributed by atoms with Crippen LogP contribution in [-0.4, -0.2) is 37.4 Å². The zero-order valence-corrected chi connectivity index (χ0v) is 14.1. The number of carbonyl (C=O) groups is 1. The van der Waals surface area contributed by atoms with Gasteiger partial charge in [-0.2, -0.15) is 0 Å². The fraction of sp³-hybridized carbons (Fsp3) is 0.529. The van der Waals surface area contributed by atoms with Gasteiger partial charge in [0.2, 0.25) is 0 Å². The van der Waals surface area contributed by atoms with Crippen LogP contribution in [0.25, 0.3) is 10.2 Å². The summed E-state index contributed by atoms with van der Waals surface area (Å²) < 4.78 is 0. The molecule has 1 saturated heterocycles. The first kappa shape index (κ1) is 15.4. The quantitative estimate of drug-likeness (QED) is 0.656. The van der Waals surface area contributed by atoms with Gasteiger partial charge in [0.05, 0.1) is 4.88 Å². The number of rotatable bonds is 6. The lowest BCUT2D eigenvalue weighted by Gasteiger charge is -2.17. The maximum atomic E-state index is 11.5. The maximum absolute atomic E-state index is 11.5. The van der Waals surface area contributed by atoms with E-state index >= 15 is 0 Å². The average Bonchev–Trinajstić information content (AvgIpc) is 3.13.